The SMILES string of the molecule is CCc1[c]cccc1C[Si](C)(C)c1ccc(N(C)C)cc1. The van der Waals surface area contributed by atoms with Gasteiger partial charge in [0.2, 0.25) is 0 Å². The first-order valence-corrected chi connectivity index (χ1v) is 10.9. The first-order valence-electron chi connectivity index (χ1n) is 7.70. The summed E-state index contributed by atoms with van der Waals surface area (Å²) in [7, 11) is 2.71. The van der Waals surface area contributed by atoms with Crippen molar-refractivity contribution in [1.82, 2.24) is 0 Å². The van der Waals surface area contributed by atoms with E-state index in [1.165, 1.54) is 28.0 Å². The van der Waals surface area contributed by atoms with E-state index in [0.29, 0.717) is 0 Å². The van der Waals surface area contributed by atoms with Crippen LogP contribution >= 0.6 is 0 Å². The summed E-state index contributed by atoms with van der Waals surface area (Å²) in [6.45, 7) is 7.14. The highest BCUT2D eigenvalue weighted by Crippen LogP contribution is 2.18. The van der Waals surface area contributed by atoms with Crippen LogP contribution < -0.4 is 10.1 Å². The fourth-order valence-corrected chi connectivity index (χ4v) is 5.35. The van der Waals surface area contributed by atoms with Crippen LogP contribution in [0.1, 0.15) is 18.1 Å². The molecule has 2 heteroatoms. The Hall–Kier alpha value is -1.54. The first kappa shape index (κ1) is 15.8. The van der Waals surface area contributed by atoms with Gasteiger partial charge < -0.3 is 4.90 Å². The fourth-order valence-electron chi connectivity index (χ4n) is 2.79. The zero-order valence-corrected chi connectivity index (χ0v) is 14.9. The van der Waals surface area contributed by atoms with E-state index in [4.69, 9.17) is 0 Å². The van der Waals surface area contributed by atoms with E-state index in [1.54, 1.807) is 0 Å². The number of benzene rings is 2. The molecule has 2 aromatic carbocycles. The molecule has 2 aromatic rings. The lowest BCUT2D eigenvalue weighted by atomic mass is 10.1. The maximum atomic E-state index is 3.40. The van der Waals surface area contributed by atoms with Gasteiger partial charge in [-0.2, -0.15) is 0 Å². The van der Waals surface area contributed by atoms with Crippen LogP contribution in [-0.2, 0) is 12.5 Å². The Morgan fingerprint density at radius 1 is 1.05 bits per heavy atom. The third-order valence-corrected chi connectivity index (χ3v) is 7.35. The molecule has 0 fully saturated rings. The van der Waals surface area contributed by atoms with Crippen LogP contribution in [0.2, 0.25) is 13.1 Å². The molecule has 2 rings (SSSR count). The van der Waals surface area contributed by atoms with Crippen molar-refractivity contribution < 1.29 is 0 Å². The molecule has 0 saturated carbocycles. The lowest BCUT2D eigenvalue weighted by molar-refractivity contribution is 1.09. The van der Waals surface area contributed by atoms with E-state index in [-0.39, 0.29) is 0 Å². The van der Waals surface area contributed by atoms with Crippen molar-refractivity contribution in [1.29, 1.82) is 0 Å². The monoisotopic (exact) mass is 296 g/mol. The van der Waals surface area contributed by atoms with Gasteiger partial charge in [-0.1, -0.05) is 55.5 Å². The summed E-state index contributed by atoms with van der Waals surface area (Å²) in [5.74, 6) is 0. The van der Waals surface area contributed by atoms with E-state index < -0.39 is 8.07 Å². The maximum absolute atomic E-state index is 3.40. The Balaban J connectivity index is 2.25. The molecule has 0 aliphatic carbocycles. The molecule has 0 aromatic heterocycles. The molecule has 0 amide bonds. The van der Waals surface area contributed by atoms with Gasteiger partial charge in [0.15, 0.2) is 0 Å². The predicted octanol–water partition coefficient (Wildman–Crippen LogP) is 3.81. The van der Waals surface area contributed by atoms with Crippen LogP contribution in [0.25, 0.3) is 0 Å². The van der Waals surface area contributed by atoms with Gasteiger partial charge >= 0.3 is 0 Å². The second kappa shape index (κ2) is 6.48. The standard InChI is InChI=1S/C19H26NSi/c1-6-16-9-7-8-10-17(16)15-21(4,5)19-13-11-18(12-14-19)20(2)3/h7-8,10-14H,6,15H2,1-5H3. The highest BCUT2D eigenvalue weighted by molar-refractivity contribution is 6.89. The average molecular weight is 297 g/mol. The summed E-state index contributed by atoms with van der Waals surface area (Å²) in [6.07, 6.45) is 1.07. The van der Waals surface area contributed by atoms with Crippen LogP contribution in [0.4, 0.5) is 5.69 Å². The first-order chi connectivity index (χ1) is 9.94. The van der Waals surface area contributed by atoms with Crippen molar-refractivity contribution in [3.05, 3.63) is 59.7 Å². The molecular weight excluding hydrogens is 270 g/mol. The Morgan fingerprint density at radius 2 is 1.71 bits per heavy atom. The summed E-state index contributed by atoms with van der Waals surface area (Å²) in [6, 6.07) is 20.1. The van der Waals surface area contributed by atoms with Gasteiger partial charge in [-0.15, -0.1) is 0 Å². The van der Waals surface area contributed by atoms with Gasteiger partial charge in [-0.3, -0.25) is 0 Å². The van der Waals surface area contributed by atoms with Crippen molar-refractivity contribution in [2.75, 3.05) is 19.0 Å². The summed E-state index contributed by atoms with van der Waals surface area (Å²) < 4.78 is 0. The molecular formula is C19H26NSi. The number of rotatable bonds is 5. The molecule has 0 bridgehead atoms. The van der Waals surface area contributed by atoms with Crippen molar-refractivity contribution in [3.63, 3.8) is 0 Å². The molecule has 1 radical (unpaired) electrons. The summed E-state index contributed by atoms with van der Waals surface area (Å²) >= 11 is 0. The van der Waals surface area contributed by atoms with Crippen LogP contribution in [0.5, 0.6) is 0 Å². The third kappa shape index (κ3) is 3.76. The van der Waals surface area contributed by atoms with Crippen LogP contribution in [0.3, 0.4) is 0 Å². The lowest BCUT2D eigenvalue weighted by Gasteiger charge is -2.25. The topological polar surface area (TPSA) is 3.24 Å². The zero-order chi connectivity index (χ0) is 15.5. The molecule has 21 heavy (non-hydrogen) atoms. The van der Waals surface area contributed by atoms with Crippen LogP contribution in [0.15, 0.2) is 42.5 Å². The lowest BCUT2D eigenvalue weighted by Crippen LogP contribution is -2.44. The van der Waals surface area contributed by atoms with Crippen LogP contribution in [0, 0.1) is 6.07 Å². The Morgan fingerprint density at radius 3 is 2.29 bits per heavy atom. The molecule has 0 N–H and O–H groups in total. The maximum Gasteiger partial charge on any atom is 0.0849 e. The minimum absolute atomic E-state index is 1.07. The Bertz CT molecular complexity index is 585. The molecule has 1 nitrogen and oxygen atoms in total. The second-order valence-electron chi connectivity index (χ2n) is 6.53. The van der Waals surface area contributed by atoms with E-state index in [9.17, 15) is 0 Å². The number of aryl methyl sites for hydroxylation is 1. The van der Waals surface area contributed by atoms with Crippen LogP contribution in [-0.4, -0.2) is 22.2 Å². The number of hydrogen-bond acceptors (Lipinski definition) is 1. The zero-order valence-electron chi connectivity index (χ0n) is 13.9. The van der Waals surface area contributed by atoms with E-state index in [2.05, 4.69) is 81.5 Å². The van der Waals surface area contributed by atoms with E-state index in [1.807, 2.05) is 6.07 Å². The largest absolute Gasteiger partial charge is 0.378 e. The van der Waals surface area contributed by atoms with Crippen molar-refractivity contribution in [2.24, 2.45) is 0 Å². The van der Waals surface area contributed by atoms with E-state index >= 15 is 0 Å². The van der Waals surface area contributed by atoms with Crippen molar-refractivity contribution >= 4 is 18.9 Å². The van der Waals surface area contributed by atoms with Crippen molar-refractivity contribution in [2.45, 2.75) is 32.5 Å². The molecule has 0 atom stereocenters. The molecule has 111 valence electrons. The quantitative estimate of drug-likeness (QED) is 0.758. The van der Waals surface area contributed by atoms with Gasteiger partial charge in [0.05, 0.1) is 8.07 Å². The van der Waals surface area contributed by atoms with Gasteiger partial charge in [-0.25, -0.2) is 0 Å². The molecule has 0 spiro atoms. The second-order valence-corrected chi connectivity index (χ2v) is 11.2. The highest BCUT2D eigenvalue weighted by Gasteiger charge is 2.24. The van der Waals surface area contributed by atoms with Gasteiger partial charge in [0.25, 0.3) is 0 Å². The normalized spacial score (nSPS) is 11.5. The summed E-state index contributed by atoms with van der Waals surface area (Å²) in [5, 5.41) is 1.53. The Labute approximate surface area is 130 Å². The predicted molar refractivity (Wildman–Crippen MR) is 96.2 cm³/mol. The highest BCUT2D eigenvalue weighted by atomic mass is 28.3. The average Bonchev–Trinajstić information content (AvgIpc) is 2.47. The molecule has 0 unspecified atom stereocenters. The number of hydrogen-bond donors (Lipinski definition) is 0. The summed E-state index contributed by atoms with van der Waals surface area (Å²) in [4.78, 5) is 2.15. The van der Waals surface area contributed by atoms with Gasteiger partial charge in [0, 0.05) is 19.8 Å². The fraction of sp³-hybridized carbons (Fsp3) is 0.368. The smallest absolute Gasteiger partial charge is 0.0849 e. The third-order valence-electron chi connectivity index (χ3n) is 4.19. The molecule has 0 aliphatic heterocycles. The van der Waals surface area contributed by atoms with E-state index in [0.717, 1.165) is 6.42 Å². The van der Waals surface area contributed by atoms with Gasteiger partial charge in [0.1, 0.15) is 0 Å². The molecule has 0 aliphatic rings. The minimum atomic E-state index is -1.46. The Kier molecular flexibility index (Phi) is 4.89. The van der Waals surface area contributed by atoms with Gasteiger partial charge in [-0.05, 0) is 41.8 Å². The number of nitrogens with zero attached hydrogens (tertiary/aromatic N) is 1. The molecule has 0 heterocycles. The summed E-state index contributed by atoms with van der Waals surface area (Å²) in [5.41, 5.74) is 4.13. The van der Waals surface area contributed by atoms with Crippen molar-refractivity contribution in [3.8, 4) is 0 Å². The number of anilines is 1. The molecule has 0 saturated heterocycles. The minimum Gasteiger partial charge on any atom is -0.378 e.